The minimum Gasteiger partial charge on any atom is -0.395 e. The van der Waals surface area contributed by atoms with E-state index >= 15 is 0 Å². The largest absolute Gasteiger partial charge is 0.401 e. The van der Waals surface area contributed by atoms with Gasteiger partial charge in [-0.2, -0.15) is 13.2 Å². The van der Waals surface area contributed by atoms with Gasteiger partial charge in [-0.1, -0.05) is 13.8 Å². The van der Waals surface area contributed by atoms with Gasteiger partial charge in [0.05, 0.1) is 13.2 Å². The fourth-order valence-corrected chi connectivity index (χ4v) is 1.66. The Hall–Kier alpha value is -0.330. The van der Waals surface area contributed by atoms with Gasteiger partial charge >= 0.3 is 6.18 Å². The van der Waals surface area contributed by atoms with E-state index in [1.807, 2.05) is 13.8 Å². The molecule has 0 spiro atoms. The first-order chi connectivity index (χ1) is 7.89. The topological polar surface area (TPSA) is 35.5 Å². The van der Waals surface area contributed by atoms with Crippen LogP contribution in [0.3, 0.4) is 0 Å². The molecule has 2 N–H and O–H groups in total. The molecule has 3 nitrogen and oxygen atoms in total. The van der Waals surface area contributed by atoms with Crippen LogP contribution < -0.4 is 5.32 Å². The third-order valence-electron chi connectivity index (χ3n) is 2.31. The first kappa shape index (κ1) is 16.7. The van der Waals surface area contributed by atoms with E-state index in [1.165, 1.54) is 4.90 Å². The van der Waals surface area contributed by atoms with Crippen LogP contribution in [0, 0.1) is 5.92 Å². The number of hydrogen-bond acceptors (Lipinski definition) is 3. The van der Waals surface area contributed by atoms with Gasteiger partial charge in [0, 0.05) is 13.1 Å². The molecule has 0 aromatic heterocycles. The van der Waals surface area contributed by atoms with Crippen LogP contribution in [0.1, 0.15) is 20.3 Å². The highest BCUT2D eigenvalue weighted by atomic mass is 19.4. The second-order valence-corrected chi connectivity index (χ2v) is 4.38. The first-order valence-corrected chi connectivity index (χ1v) is 5.99. The maximum Gasteiger partial charge on any atom is 0.401 e. The lowest BCUT2D eigenvalue weighted by Gasteiger charge is -2.26. The summed E-state index contributed by atoms with van der Waals surface area (Å²) in [6, 6.07) is 0. The summed E-state index contributed by atoms with van der Waals surface area (Å²) in [4.78, 5) is 1.25. The molecule has 17 heavy (non-hydrogen) atoms. The average molecular weight is 256 g/mol. The molecule has 0 aliphatic rings. The number of rotatable bonds is 9. The normalized spacial score (nSPS) is 14.3. The SMILES string of the molecule is CCCNCC(C)CN(CCO)CC(F)(F)F. The summed E-state index contributed by atoms with van der Waals surface area (Å²) < 4.78 is 36.7. The van der Waals surface area contributed by atoms with Crippen LogP contribution in [0.4, 0.5) is 13.2 Å². The summed E-state index contributed by atoms with van der Waals surface area (Å²) in [6.45, 7) is 4.74. The molecule has 0 saturated heterocycles. The monoisotopic (exact) mass is 256 g/mol. The second kappa shape index (κ2) is 8.72. The van der Waals surface area contributed by atoms with Crippen molar-refractivity contribution in [1.29, 1.82) is 0 Å². The predicted octanol–water partition coefficient (Wildman–Crippen LogP) is 1.48. The number of aliphatic hydroxyl groups is 1. The molecule has 0 amide bonds. The maximum atomic E-state index is 12.2. The van der Waals surface area contributed by atoms with Gasteiger partial charge in [0.15, 0.2) is 0 Å². The Morgan fingerprint density at radius 1 is 1.35 bits per heavy atom. The molecular formula is C11H23F3N2O. The summed E-state index contributed by atoms with van der Waals surface area (Å²) in [5, 5.41) is 11.9. The molecule has 0 saturated carbocycles. The molecular weight excluding hydrogens is 233 g/mol. The zero-order chi connectivity index (χ0) is 13.3. The Kier molecular flexibility index (Phi) is 8.55. The van der Waals surface area contributed by atoms with Crippen LogP contribution in [0.2, 0.25) is 0 Å². The molecule has 1 unspecified atom stereocenters. The highest BCUT2D eigenvalue weighted by Gasteiger charge is 2.30. The van der Waals surface area contributed by atoms with Gasteiger partial charge in [-0.15, -0.1) is 0 Å². The van der Waals surface area contributed by atoms with E-state index in [1.54, 1.807) is 0 Å². The number of alkyl halides is 3. The summed E-state index contributed by atoms with van der Waals surface area (Å²) in [5.41, 5.74) is 0. The lowest BCUT2D eigenvalue weighted by molar-refractivity contribution is -0.147. The minimum absolute atomic E-state index is 0.0671. The highest BCUT2D eigenvalue weighted by Crippen LogP contribution is 2.16. The molecule has 0 heterocycles. The van der Waals surface area contributed by atoms with Crippen molar-refractivity contribution in [3.05, 3.63) is 0 Å². The van der Waals surface area contributed by atoms with Gasteiger partial charge in [-0.05, 0) is 25.4 Å². The molecule has 0 aliphatic carbocycles. The van der Waals surface area contributed by atoms with Crippen molar-refractivity contribution in [3.63, 3.8) is 0 Å². The van der Waals surface area contributed by atoms with Crippen LogP contribution >= 0.6 is 0 Å². The Labute approximate surface area is 101 Å². The Balaban J connectivity index is 3.97. The van der Waals surface area contributed by atoms with Crippen molar-refractivity contribution in [2.24, 2.45) is 5.92 Å². The fraction of sp³-hybridized carbons (Fsp3) is 1.00. The van der Waals surface area contributed by atoms with Gasteiger partial charge in [0.2, 0.25) is 0 Å². The van der Waals surface area contributed by atoms with E-state index in [9.17, 15) is 13.2 Å². The molecule has 0 aromatic carbocycles. The third kappa shape index (κ3) is 10.5. The summed E-state index contributed by atoms with van der Waals surface area (Å²) in [5.74, 6) is 0.135. The number of hydrogen-bond donors (Lipinski definition) is 2. The van der Waals surface area contributed by atoms with Crippen LogP contribution in [-0.4, -0.2) is 55.5 Å². The van der Waals surface area contributed by atoms with Gasteiger partial charge in [0.1, 0.15) is 0 Å². The van der Waals surface area contributed by atoms with E-state index in [-0.39, 0.29) is 19.1 Å². The lowest BCUT2D eigenvalue weighted by Crippen LogP contribution is -2.40. The van der Waals surface area contributed by atoms with E-state index < -0.39 is 12.7 Å². The Bertz CT molecular complexity index is 188. The minimum atomic E-state index is -4.20. The summed E-state index contributed by atoms with van der Waals surface area (Å²) >= 11 is 0. The van der Waals surface area contributed by atoms with Crippen molar-refractivity contribution in [3.8, 4) is 0 Å². The molecule has 0 aromatic rings. The van der Waals surface area contributed by atoms with Crippen LogP contribution in [0.5, 0.6) is 0 Å². The zero-order valence-electron chi connectivity index (χ0n) is 10.6. The second-order valence-electron chi connectivity index (χ2n) is 4.38. The van der Waals surface area contributed by atoms with Crippen LogP contribution in [0.25, 0.3) is 0 Å². The molecule has 0 fully saturated rings. The van der Waals surface area contributed by atoms with Crippen molar-refractivity contribution >= 4 is 0 Å². The predicted molar refractivity (Wildman–Crippen MR) is 61.9 cm³/mol. The number of aliphatic hydroxyl groups excluding tert-OH is 1. The standard InChI is InChI=1S/C11H23F3N2O/c1-3-4-15-7-10(2)8-16(5-6-17)9-11(12,13)14/h10,15,17H,3-9H2,1-2H3. The Morgan fingerprint density at radius 3 is 2.47 bits per heavy atom. The number of nitrogens with one attached hydrogen (secondary N) is 1. The van der Waals surface area contributed by atoms with Crippen molar-refractivity contribution in [1.82, 2.24) is 10.2 Å². The maximum absolute atomic E-state index is 12.2. The smallest absolute Gasteiger partial charge is 0.395 e. The Morgan fingerprint density at radius 2 is 2.00 bits per heavy atom. The van der Waals surface area contributed by atoms with Crippen LogP contribution in [0.15, 0.2) is 0 Å². The van der Waals surface area contributed by atoms with Crippen molar-refractivity contribution < 1.29 is 18.3 Å². The van der Waals surface area contributed by atoms with Gasteiger partial charge in [-0.3, -0.25) is 4.90 Å². The molecule has 0 radical (unpaired) electrons. The molecule has 0 aliphatic heterocycles. The third-order valence-corrected chi connectivity index (χ3v) is 2.31. The molecule has 0 bridgehead atoms. The summed E-state index contributed by atoms with van der Waals surface area (Å²) in [6.07, 6.45) is -3.19. The number of halogens is 3. The average Bonchev–Trinajstić information content (AvgIpc) is 2.15. The zero-order valence-corrected chi connectivity index (χ0v) is 10.6. The molecule has 1 atom stereocenters. The summed E-state index contributed by atoms with van der Waals surface area (Å²) in [7, 11) is 0. The van der Waals surface area contributed by atoms with E-state index in [0.29, 0.717) is 13.1 Å². The van der Waals surface area contributed by atoms with Gasteiger partial charge in [-0.25, -0.2) is 0 Å². The fourth-order valence-electron chi connectivity index (χ4n) is 1.66. The van der Waals surface area contributed by atoms with E-state index in [2.05, 4.69) is 5.32 Å². The highest BCUT2D eigenvalue weighted by molar-refractivity contribution is 4.68. The van der Waals surface area contributed by atoms with E-state index in [0.717, 1.165) is 13.0 Å². The lowest BCUT2D eigenvalue weighted by atomic mass is 10.1. The van der Waals surface area contributed by atoms with E-state index in [4.69, 9.17) is 5.11 Å². The van der Waals surface area contributed by atoms with Crippen LogP contribution in [-0.2, 0) is 0 Å². The molecule has 0 rings (SSSR count). The van der Waals surface area contributed by atoms with Crippen molar-refractivity contribution in [2.45, 2.75) is 26.4 Å². The van der Waals surface area contributed by atoms with Crippen molar-refractivity contribution in [2.75, 3.05) is 39.3 Å². The van der Waals surface area contributed by atoms with Gasteiger partial charge in [0.25, 0.3) is 0 Å². The molecule has 104 valence electrons. The molecule has 6 heteroatoms. The first-order valence-electron chi connectivity index (χ1n) is 5.99. The number of nitrogens with zero attached hydrogens (tertiary/aromatic N) is 1. The van der Waals surface area contributed by atoms with Gasteiger partial charge < -0.3 is 10.4 Å². The quantitative estimate of drug-likeness (QED) is 0.613.